The van der Waals surface area contributed by atoms with E-state index < -0.39 is 9.84 Å². The minimum absolute atomic E-state index is 0.0703. The van der Waals surface area contributed by atoms with Crippen LogP contribution in [-0.4, -0.2) is 24.0 Å². The van der Waals surface area contributed by atoms with Gasteiger partial charge in [0.1, 0.15) is 5.82 Å². The van der Waals surface area contributed by atoms with E-state index in [-0.39, 0.29) is 11.5 Å². The van der Waals surface area contributed by atoms with Gasteiger partial charge >= 0.3 is 0 Å². The molecule has 18 heavy (non-hydrogen) atoms. The molecule has 2 aliphatic rings. The van der Waals surface area contributed by atoms with Crippen LogP contribution in [0.5, 0.6) is 0 Å². The van der Waals surface area contributed by atoms with Crippen molar-refractivity contribution in [1.82, 2.24) is 9.78 Å². The molecular formula is C12H19N3O2S. The number of hydrogen-bond donors (Lipinski definition) is 1. The van der Waals surface area contributed by atoms with Gasteiger partial charge in [-0.1, -0.05) is 19.3 Å². The maximum Gasteiger partial charge on any atom is 0.155 e. The van der Waals surface area contributed by atoms with Crippen LogP contribution < -0.4 is 5.73 Å². The molecule has 0 aromatic carbocycles. The third kappa shape index (κ3) is 2.02. The molecule has 0 saturated heterocycles. The van der Waals surface area contributed by atoms with Crippen LogP contribution in [-0.2, 0) is 22.0 Å². The second-order valence-corrected chi connectivity index (χ2v) is 7.57. The summed E-state index contributed by atoms with van der Waals surface area (Å²) in [6, 6.07) is 0.368. The van der Waals surface area contributed by atoms with Gasteiger partial charge in [-0.15, -0.1) is 0 Å². The van der Waals surface area contributed by atoms with Gasteiger partial charge in [-0.2, -0.15) is 5.10 Å². The summed E-state index contributed by atoms with van der Waals surface area (Å²) in [4.78, 5) is 0. The number of fused-ring (bicyclic) bond motifs is 1. The molecule has 1 aliphatic carbocycles. The van der Waals surface area contributed by atoms with E-state index in [1.54, 1.807) is 0 Å². The molecule has 1 aromatic rings. The Morgan fingerprint density at radius 3 is 2.67 bits per heavy atom. The van der Waals surface area contributed by atoms with E-state index in [0.717, 1.165) is 24.1 Å². The van der Waals surface area contributed by atoms with Crippen molar-refractivity contribution in [2.24, 2.45) is 0 Å². The Morgan fingerprint density at radius 2 is 1.94 bits per heavy atom. The molecule has 2 heterocycles. The van der Waals surface area contributed by atoms with Gasteiger partial charge in [0.15, 0.2) is 9.84 Å². The average Bonchev–Trinajstić information content (AvgIpc) is 2.67. The number of hydrogen-bond acceptors (Lipinski definition) is 4. The third-order valence-corrected chi connectivity index (χ3v) is 5.62. The summed E-state index contributed by atoms with van der Waals surface area (Å²) < 4.78 is 25.2. The number of nitrogen functional groups attached to an aromatic ring is 1. The van der Waals surface area contributed by atoms with Crippen LogP contribution in [0, 0.1) is 0 Å². The molecule has 1 fully saturated rings. The van der Waals surface area contributed by atoms with Crippen LogP contribution in [0.3, 0.4) is 0 Å². The molecule has 0 atom stereocenters. The van der Waals surface area contributed by atoms with Crippen molar-refractivity contribution < 1.29 is 8.42 Å². The van der Waals surface area contributed by atoms with Crippen molar-refractivity contribution in [3.05, 3.63) is 11.3 Å². The van der Waals surface area contributed by atoms with E-state index in [9.17, 15) is 8.42 Å². The molecule has 6 heteroatoms. The highest BCUT2D eigenvalue weighted by molar-refractivity contribution is 7.90. The minimum atomic E-state index is -2.97. The quantitative estimate of drug-likeness (QED) is 0.836. The molecule has 0 unspecified atom stereocenters. The summed E-state index contributed by atoms with van der Waals surface area (Å²) in [6.45, 7) is 0. The molecule has 1 saturated carbocycles. The molecule has 0 bridgehead atoms. The van der Waals surface area contributed by atoms with Crippen LogP contribution in [0.1, 0.15) is 49.4 Å². The number of aryl methyl sites for hydroxylation is 1. The van der Waals surface area contributed by atoms with Gasteiger partial charge < -0.3 is 5.73 Å². The van der Waals surface area contributed by atoms with Crippen molar-refractivity contribution in [3.63, 3.8) is 0 Å². The first kappa shape index (κ1) is 12.0. The monoisotopic (exact) mass is 269 g/mol. The van der Waals surface area contributed by atoms with E-state index in [2.05, 4.69) is 5.10 Å². The fourth-order valence-corrected chi connectivity index (χ4v) is 4.44. The Morgan fingerprint density at radius 1 is 1.22 bits per heavy atom. The van der Waals surface area contributed by atoms with Gasteiger partial charge in [-0.25, -0.2) is 13.1 Å². The Hall–Kier alpha value is -1.04. The second kappa shape index (κ2) is 4.26. The number of nitrogens with two attached hydrogens (primary N) is 1. The highest BCUT2D eigenvalue weighted by atomic mass is 32.2. The summed E-state index contributed by atoms with van der Waals surface area (Å²) in [5.74, 6) is 0.863. The van der Waals surface area contributed by atoms with Crippen LogP contribution in [0.4, 0.5) is 5.82 Å². The lowest BCUT2D eigenvalue weighted by Gasteiger charge is -2.23. The van der Waals surface area contributed by atoms with Crippen molar-refractivity contribution in [2.75, 3.05) is 11.5 Å². The summed E-state index contributed by atoms with van der Waals surface area (Å²) >= 11 is 0. The zero-order valence-corrected chi connectivity index (χ0v) is 11.2. The van der Waals surface area contributed by atoms with Gasteiger partial charge in [-0.3, -0.25) is 0 Å². The Kier molecular flexibility index (Phi) is 2.84. The van der Waals surface area contributed by atoms with Crippen molar-refractivity contribution in [1.29, 1.82) is 0 Å². The number of sulfone groups is 1. The van der Waals surface area contributed by atoms with Crippen LogP contribution in [0.2, 0.25) is 0 Å². The Balaban J connectivity index is 1.96. The van der Waals surface area contributed by atoms with Gasteiger partial charge in [0.25, 0.3) is 0 Å². The average molecular weight is 269 g/mol. The summed E-state index contributed by atoms with van der Waals surface area (Å²) in [5, 5.41) is 4.57. The first-order valence-corrected chi connectivity index (χ1v) is 8.45. The molecule has 0 spiro atoms. The topological polar surface area (TPSA) is 78.0 Å². The number of aromatic nitrogens is 2. The smallest absolute Gasteiger partial charge is 0.155 e. The predicted molar refractivity (Wildman–Crippen MR) is 70.0 cm³/mol. The highest BCUT2D eigenvalue weighted by Crippen LogP contribution is 2.33. The van der Waals surface area contributed by atoms with Crippen LogP contribution >= 0.6 is 0 Å². The van der Waals surface area contributed by atoms with Gasteiger partial charge in [-0.05, 0) is 12.8 Å². The van der Waals surface area contributed by atoms with Crippen molar-refractivity contribution in [3.8, 4) is 0 Å². The van der Waals surface area contributed by atoms with Crippen molar-refractivity contribution >= 4 is 15.7 Å². The van der Waals surface area contributed by atoms with Crippen LogP contribution in [0.15, 0.2) is 0 Å². The van der Waals surface area contributed by atoms with E-state index in [1.165, 1.54) is 19.3 Å². The summed E-state index contributed by atoms with van der Waals surface area (Å²) in [5.41, 5.74) is 7.76. The van der Waals surface area contributed by atoms with E-state index in [1.807, 2.05) is 4.68 Å². The normalized spacial score (nSPS) is 23.8. The standard InChI is InChI=1S/C12H19N3O2S/c13-12-10-8-18(16,17)7-6-11(10)14-15(12)9-4-2-1-3-5-9/h9H,1-8,13H2. The van der Waals surface area contributed by atoms with Gasteiger partial charge in [0, 0.05) is 12.0 Å². The fourth-order valence-electron chi connectivity index (χ4n) is 3.04. The van der Waals surface area contributed by atoms with E-state index in [4.69, 9.17) is 5.73 Å². The first-order valence-electron chi connectivity index (χ1n) is 6.63. The predicted octanol–water partition coefficient (Wildman–Crippen LogP) is 1.44. The first-order chi connectivity index (χ1) is 8.57. The lowest BCUT2D eigenvalue weighted by Crippen LogP contribution is -2.18. The maximum atomic E-state index is 11.7. The number of nitrogens with zero attached hydrogens (tertiary/aromatic N) is 2. The van der Waals surface area contributed by atoms with Crippen molar-refractivity contribution in [2.45, 2.75) is 50.3 Å². The SMILES string of the molecule is Nc1c2c(nn1C1CCCCC1)CCS(=O)(=O)C2. The van der Waals surface area contributed by atoms with Gasteiger partial charge in [0.2, 0.25) is 0 Å². The highest BCUT2D eigenvalue weighted by Gasteiger charge is 2.29. The molecule has 3 rings (SSSR count). The van der Waals surface area contributed by atoms with Gasteiger partial charge in [0.05, 0.1) is 23.2 Å². The molecule has 0 amide bonds. The molecular weight excluding hydrogens is 250 g/mol. The van der Waals surface area contributed by atoms with E-state index in [0.29, 0.717) is 18.3 Å². The number of rotatable bonds is 1. The largest absolute Gasteiger partial charge is 0.384 e. The zero-order chi connectivity index (χ0) is 12.8. The molecule has 0 radical (unpaired) electrons. The maximum absolute atomic E-state index is 11.7. The zero-order valence-electron chi connectivity index (χ0n) is 10.4. The summed E-state index contributed by atoms with van der Waals surface area (Å²) in [7, 11) is -2.97. The fraction of sp³-hybridized carbons (Fsp3) is 0.750. The second-order valence-electron chi connectivity index (χ2n) is 5.39. The Labute approximate surface area is 107 Å². The molecule has 100 valence electrons. The lowest BCUT2D eigenvalue weighted by molar-refractivity contribution is 0.332. The summed E-state index contributed by atoms with van der Waals surface area (Å²) in [6.07, 6.45) is 6.45. The molecule has 2 N–H and O–H groups in total. The Bertz CT molecular complexity index is 556. The van der Waals surface area contributed by atoms with E-state index >= 15 is 0 Å². The third-order valence-electron chi connectivity index (χ3n) is 4.07. The van der Waals surface area contributed by atoms with Crippen LogP contribution in [0.25, 0.3) is 0 Å². The molecule has 1 aliphatic heterocycles. The molecule has 1 aromatic heterocycles. The lowest BCUT2D eigenvalue weighted by atomic mass is 9.96. The number of anilines is 1. The molecule has 5 nitrogen and oxygen atoms in total. The minimum Gasteiger partial charge on any atom is -0.384 e.